The van der Waals surface area contributed by atoms with Crippen LogP contribution in [-0.4, -0.2) is 9.97 Å². The molecule has 10 aromatic carbocycles. The second-order valence-electron chi connectivity index (χ2n) is 16.7. The van der Waals surface area contributed by atoms with Gasteiger partial charge < -0.3 is 0 Å². The van der Waals surface area contributed by atoms with Crippen molar-refractivity contribution in [3.63, 3.8) is 0 Å². The first-order valence-electron chi connectivity index (χ1n) is 25.3. The van der Waals surface area contributed by atoms with Crippen LogP contribution < -0.4 is 0 Å². The number of thiophene rings is 1. The number of aromatic nitrogens is 2. The molecule has 0 radical (unpaired) electrons. The Hall–Kier alpha value is -8.50. The molecule has 0 N–H and O–H groups in total. The zero-order valence-corrected chi connectivity index (χ0v) is 36.7. The van der Waals surface area contributed by atoms with Crippen LogP contribution in [0.5, 0.6) is 0 Å². The molecule has 2 nitrogen and oxygen atoms in total. The van der Waals surface area contributed by atoms with Crippen molar-refractivity contribution in [1.82, 2.24) is 9.97 Å². The van der Waals surface area contributed by atoms with Crippen molar-refractivity contribution in [3.05, 3.63) is 243 Å². The number of fused-ring (bicyclic) bond motifs is 6. The Morgan fingerprint density at radius 2 is 0.851 bits per heavy atom. The fraction of sp³-hybridized carbons (Fsp3) is 0. The van der Waals surface area contributed by atoms with E-state index in [2.05, 4.69) is 138 Å². The van der Waals surface area contributed by atoms with Crippen LogP contribution in [0.25, 0.3) is 131 Å². The molecule has 0 amide bonds. The molecule has 67 heavy (non-hydrogen) atoms. The summed E-state index contributed by atoms with van der Waals surface area (Å²) in [4.78, 5) is 11.8. The molecule has 0 spiro atoms. The van der Waals surface area contributed by atoms with Crippen LogP contribution in [0.1, 0.15) is 8.22 Å². The van der Waals surface area contributed by atoms with E-state index in [0.29, 0.717) is 22.3 Å². The Kier molecular flexibility index (Phi) is 7.98. The minimum Gasteiger partial charge on any atom is -0.254 e. The molecule has 312 valence electrons. The summed E-state index contributed by atoms with van der Waals surface area (Å²) in [5.41, 5.74) is 11.0. The third-order valence-electron chi connectivity index (χ3n) is 12.9. The van der Waals surface area contributed by atoms with Gasteiger partial charge in [-0.1, -0.05) is 218 Å². The van der Waals surface area contributed by atoms with E-state index in [4.69, 9.17) is 7.73 Å². The van der Waals surface area contributed by atoms with Crippen LogP contribution >= 0.6 is 11.3 Å². The highest BCUT2D eigenvalue weighted by molar-refractivity contribution is 7.20. The lowest BCUT2D eigenvalue weighted by atomic mass is 9.85. The summed E-state index contributed by atoms with van der Waals surface area (Å²) < 4.78 is 56.6. The van der Waals surface area contributed by atoms with Crippen molar-refractivity contribution in [2.45, 2.75) is 0 Å². The van der Waals surface area contributed by atoms with Crippen LogP contribution in [-0.2, 0) is 0 Å². The molecule has 0 fully saturated rings. The average molecular weight is 875 g/mol. The van der Waals surface area contributed by atoms with E-state index < -0.39 is 12.1 Å². The molecular weight excluding hydrogens is 829 g/mol. The first kappa shape index (κ1) is 33.0. The van der Waals surface area contributed by atoms with E-state index in [9.17, 15) is 5.48 Å². The largest absolute Gasteiger partial charge is 0.254 e. The van der Waals surface area contributed by atoms with Crippen LogP contribution in [0.15, 0.2) is 243 Å². The Morgan fingerprint density at radius 1 is 0.343 bits per heavy atom. The lowest BCUT2D eigenvalue weighted by Crippen LogP contribution is -1.92. The van der Waals surface area contributed by atoms with Crippen LogP contribution in [0.4, 0.5) is 0 Å². The summed E-state index contributed by atoms with van der Waals surface area (Å²) in [5.74, 6) is 0. The van der Waals surface area contributed by atoms with Crippen molar-refractivity contribution in [3.8, 4) is 76.6 Å². The van der Waals surface area contributed by atoms with Gasteiger partial charge in [-0.25, -0.2) is 4.98 Å². The number of hydrogen-bond acceptors (Lipinski definition) is 3. The average Bonchev–Trinajstić information content (AvgIpc) is 3.85. The molecule has 13 rings (SSSR count). The van der Waals surface area contributed by atoms with Crippen LogP contribution in [0.2, 0.25) is 0 Å². The van der Waals surface area contributed by atoms with Crippen molar-refractivity contribution >= 4 is 65.5 Å². The zero-order valence-electron chi connectivity index (χ0n) is 41.9. The quantitative estimate of drug-likeness (QED) is 0.118. The lowest BCUT2D eigenvalue weighted by molar-refractivity contribution is 1.37. The molecule has 0 bridgehead atoms. The van der Waals surface area contributed by atoms with Gasteiger partial charge in [0.2, 0.25) is 0 Å². The minimum absolute atomic E-state index is 0.137. The highest BCUT2D eigenvalue weighted by Crippen LogP contribution is 2.56. The van der Waals surface area contributed by atoms with Gasteiger partial charge in [-0.15, -0.1) is 11.3 Å². The molecule has 0 aliphatic heterocycles. The second-order valence-corrected chi connectivity index (χ2v) is 17.7. The smallest absolute Gasteiger partial charge is 0.0972 e. The number of benzene rings is 10. The molecule has 3 heteroatoms. The van der Waals surface area contributed by atoms with Gasteiger partial charge in [0.15, 0.2) is 0 Å². The summed E-state index contributed by atoms with van der Waals surface area (Å²) >= 11 is 1.75. The normalized spacial score (nSPS) is 12.8. The third kappa shape index (κ3) is 6.55. The summed E-state index contributed by atoms with van der Waals surface area (Å²) in [6.07, 6.45) is 1.71. The number of pyridine rings is 2. The topological polar surface area (TPSA) is 25.8 Å². The van der Waals surface area contributed by atoms with E-state index in [1.807, 2.05) is 60.7 Å². The third-order valence-corrected chi connectivity index (χ3v) is 14.1. The number of hydrogen-bond donors (Lipinski definition) is 0. The first-order valence-corrected chi connectivity index (χ1v) is 23.1. The summed E-state index contributed by atoms with van der Waals surface area (Å²) in [7, 11) is 0. The summed E-state index contributed by atoms with van der Waals surface area (Å²) in [6, 6.07) is 66.4. The number of rotatable bonds is 7. The Morgan fingerprint density at radius 3 is 1.52 bits per heavy atom. The lowest BCUT2D eigenvalue weighted by Gasteiger charge is -2.18. The fourth-order valence-corrected chi connectivity index (χ4v) is 11.3. The van der Waals surface area contributed by atoms with Crippen molar-refractivity contribution in [2.24, 2.45) is 0 Å². The molecule has 0 saturated heterocycles. The monoisotopic (exact) mass is 874 g/mol. The van der Waals surface area contributed by atoms with E-state index in [-0.39, 0.29) is 46.1 Å². The predicted octanol–water partition coefficient (Wildman–Crippen LogP) is 18.0. The SMILES string of the molecule is [2H]c1c([2H])c([2H])c2c(-c3ccc4ccc5cccnc5c4n3)c([2H])c([2H])c(-c3cccc(-c4c(-c5ccccc5)sc(-c5c6ccccc6c(-c6ccccc6)c6ccccc56)c4-c4ccccc4)c3)c2c1[2H]. The zero-order chi connectivity index (χ0) is 49.5. The van der Waals surface area contributed by atoms with Crippen LogP contribution in [0, 0.1) is 0 Å². The summed E-state index contributed by atoms with van der Waals surface area (Å²) in [6.45, 7) is 0. The Balaban J connectivity index is 1.11. The fourth-order valence-electron chi connectivity index (χ4n) is 9.88. The highest BCUT2D eigenvalue weighted by atomic mass is 32.1. The van der Waals surface area contributed by atoms with E-state index in [1.165, 1.54) is 5.56 Å². The molecule has 0 saturated carbocycles. The van der Waals surface area contributed by atoms with Gasteiger partial charge in [-0.05, 0) is 89.5 Å². The maximum absolute atomic E-state index is 9.89. The molecule has 0 unspecified atom stereocenters. The van der Waals surface area contributed by atoms with Gasteiger partial charge in [0.05, 0.1) is 25.0 Å². The standard InChI is InChI=1S/C64H40N2S/c1-4-18-41(19-5-1)57-52-29-12-14-31-54(52)60(55-32-15-13-30-53(55)57)64-58(42-20-6-2-7-21-42)59(63(67-64)45-22-8-3-9-23-45)47-25-16-24-46(40-47)48-36-37-51(50-28-11-10-27-49(48)50)56-38-35-44-34-33-43-26-17-39-65-61(43)62(44)66-56/h1-40H/i10D,11D,27D,28D,36D,37D. The minimum atomic E-state index is -0.425. The maximum Gasteiger partial charge on any atom is 0.0972 e. The molecule has 3 aromatic heterocycles. The van der Waals surface area contributed by atoms with Crippen molar-refractivity contribution in [2.75, 3.05) is 0 Å². The Labute approximate surface area is 401 Å². The van der Waals surface area contributed by atoms with Crippen LogP contribution in [0.3, 0.4) is 0 Å². The maximum atomic E-state index is 9.89. The van der Waals surface area contributed by atoms with Gasteiger partial charge in [0.25, 0.3) is 0 Å². The highest BCUT2D eigenvalue weighted by Gasteiger charge is 2.27. The molecule has 13 aromatic rings. The summed E-state index contributed by atoms with van der Waals surface area (Å²) in [5, 5.41) is 6.58. The second kappa shape index (κ2) is 16.2. The van der Waals surface area contributed by atoms with Crippen molar-refractivity contribution in [1.29, 1.82) is 0 Å². The molecule has 0 aliphatic rings. The number of nitrogens with zero attached hydrogens (tertiary/aromatic N) is 2. The van der Waals surface area contributed by atoms with Gasteiger partial charge >= 0.3 is 0 Å². The van der Waals surface area contributed by atoms with Gasteiger partial charge in [0, 0.05) is 49.0 Å². The van der Waals surface area contributed by atoms with E-state index >= 15 is 0 Å². The van der Waals surface area contributed by atoms with E-state index in [1.54, 1.807) is 23.6 Å². The van der Waals surface area contributed by atoms with Crippen molar-refractivity contribution < 1.29 is 8.22 Å². The molecule has 0 atom stereocenters. The molecule has 3 heterocycles. The van der Waals surface area contributed by atoms with E-state index in [0.717, 1.165) is 81.0 Å². The molecular formula is C64H40N2S. The van der Waals surface area contributed by atoms with Gasteiger partial charge in [-0.2, -0.15) is 0 Å². The molecule has 0 aliphatic carbocycles. The van der Waals surface area contributed by atoms with Gasteiger partial charge in [0.1, 0.15) is 0 Å². The van der Waals surface area contributed by atoms with Gasteiger partial charge in [-0.3, -0.25) is 4.98 Å². The predicted molar refractivity (Wildman–Crippen MR) is 285 cm³/mol. The Bertz CT molecular complexity index is 4330. The first-order chi connectivity index (χ1) is 35.8.